The van der Waals surface area contributed by atoms with Crippen molar-refractivity contribution < 1.29 is 14.7 Å². The van der Waals surface area contributed by atoms with Gasteiger partial charge in [-0.3, -0.25) is 0 Å². The van der Waals surface area contributed by atoms with Crippen molar-refractivity contribution >= 4 is 5.97 Å². The van der Waals surface area contributed by atoms with Crippen molar-refractivity contribution in [1.82, 2.24) is 15.0 Å². The highest BCUT2D eigenvalue weighted by atomic mass is 16.5. The van der Waals surface area contributed by atoms with E-state index < -0.39 is 17.0 Å². The predicted molar refractivity (Wildman–Crippen MR) is 71.2 cm³/mol. The zero-order chi connectivity index (χ0) is 15.0. The topological polar surface area (TPSA) is 75.2 Å². The fourth-order valence-electron chi connectivity index (χ4n) is 2.88. The first-order chi connectivity index (χ1) is 9.22. The second-order valence-electron chi connectivity index (χ2n) is 6.45. The molecule has 0 bridgehead atoms. The number of nitrogens with zero attached hydrogens (tertiary/aromatic N) is 3. The van der Waals surface area contributed by atoms with Crippen LogP contribution in [-0.2, 0) is 9.94 Å². The van der Waals surface area contributed by atoms with Crippen molar-refractivity contribution in [2.45, 2.75) is 57.7 Å². The molecule has 0 saturated carbocycles. The van der Waals surface area contributed by atoms with E-state index in [0.29, 0.717) is 12.8 Å². The van der Waals surface area contributed by atoms with Gasteiger partial charge in [-0.25, -0.2) is 14.8 Å². The van der Waals surface area contributed by atoms with Crippen LogP contribution < -0.4 is 0 Å². The lowest BCUT2D eigenvalue weighted by Crippen LogP contribution is -2.60. The zero-order valence-corrected chi connectivity index (χ0v) is 12.3. The first-order valence-electron chi connectivity index (χ1n) is 6.67. The van der Waals surface area contributed by atoms with Gasteiger partial charge >= 0.3 is 5.97 Å². The molecule has 0 unspecified atom stereocenters. The Bertz CT molecular complexity index is 470. The Morgan fingerprint density at radius 1 is 1.30 bits per heavy atom. The van der Waals surface area contributed by atoms with E-state index in [1.54, 1.807) is 0 Å². The largest absolute Gasteiger partial charge is 0.458 e. The predicted octanol–water partition coefficient (Wildman–Crippen LogP) is 2.00. The molecule has 1 aliphatic rings. The van der Waals surface area contributed by atoms with Gasteiger partial charge in [-0.15, -0.1) is 10.3 Å². The molecule has 1 aromatic heterocycles. The average Bonchev–Trinajstić information content (AvgIpc) is 2.36. The van der Waals surface area contributed by atoms with Gasteiger partial charge in [0.1, 0.15) is 12.4 Å². The average molecular weight is 278 g/mol. The summed E-state index contributed by atoms with van der Waals surface area (Å²) in [6.45, 7) is 7.47. The third kappa shape index (κ3) is 2.96. The summed E-state index contributed by atoms with van der Waals surface area (Å²) in [7, 11) is 0. The number of ether oxygens (including phenoxy) is 1. The summed E-state index contributed by atoms with van der Waals surface area (Å²) in [5.41, 5.74) is -0.878. The van der Waals surface area contributed by atoms with E-state index in [1.165, 1.54) is 18.6 Å². The number of piperidine rings is 1. The van der Waals surface area contributed by atoms with Crippen LogP contribution in [0.2, 0.25) is 0 Å². The monoisotopic (exact) mass is 278 g/mol. The Morgan fingerprint density at radius 2 is 1.90 bits per heavy atom. The molecule has 1 radical (unpaired) electrons. The fraction of sp³-hybridized carbons (Fsp3) is 0.643. The standard InChI is InChI=1S/C14H20N3O3/c1-13(2)7-10(8-14(3,4)17(13)19)20-12(18)11-5-6-15-9-16-11/h5-6,9-10H,7-8H2,1-4H3. The lowest BCUT2D eigenvalue weighted by molar-refractivity contribution is -0.298. The van der Waals surface area contributed by atoms with Crippen molar-refractivity contribution in [1.29, 1.82) is 0 Å². The third-order valence-electron chi connectivity index (χ3n) is 3.62. The number of esters is 1. The van der Waals surface area contributed by atoms with Gasteiger partial charge in [0.15, 0.2) is 5.69 Å². The number of hydroxylamine groups is 2. The van der Waals surface area contributed by atoms with Crippen LogP contribution in [0.1, 0.15) is 51.0 Å². The molecule has 6 heteroatoms. The van der Waals surface area contributed by atoms with Crippen molar-refractivity contribution in [3.05, 3.63) is 24.3 Å². The summed E-state index contributed by atoms with van der Waals surface area (Å²) in [6.07, 6.45) is 3.54. The van der Waals surface area contributed by atoms with Crippen molar-refractivity contribution in [3.63, 3.8) is 0 Å². The van der Waals surface area contributed by atoms with Gasteiger partial charge in [0.05, 0.1) is 0 Å². The van der Waals surface area contributed by atoms with Gasteiger partial charge in [0.2, 0.25) is 0 Å². The van der Waals surface area contributed by atoms with Gasteiger partial charge < -0.3 is 4.74 Å². The molecule has 0 N–H and O–H groups in total. The molecule has 0 aromatic carbocycles. The molecule has 0 aliphatic carbocycles. The third-order valence-corrected chi connectivity index (χ3v) is 3.62. The second-order valence-corrected chi connectivity index (χ2v) is 6.45. The highest BCUT2D eigenvalue weighted by Crippen LogP contribution is 2.38. The Balaban J connectivity index is 2.09. The van der Waals surface area contributed by atoms with Crippen molar-refractivity contribution in [2.75, 3.05) is 0 Å². The van der Waals surface area contributed by atoms with Gasteiger partial charge in [-0.1, -0.05) is 0 Å². The van der Waals surface area contributed by atoms with Crippen LogP contribution >= 0.6 is 0 Å². The smallest absolute Gasteiger partial charge is 0.357 e. The molecule has 1 aromatic rings. The molecular weight excluding hydrogens is 258 g/mol. The molecule has 109 valence electrons. The zero-order valence-electron chi connectivity index (χ0n) is 12.3. The maximum absolute atomic E-state index is 12.2. The summed E-state index contributed by atoms with van der Waals surface area (Å²) in [5.74, 6) is -0.469. The van der Waals surface area contributed by atoms with Crippen LogP contribution in [0.4, 0.5) is 0 Å². The summed E-state index contributed by atoms with van der Waals surface area (Å²) in [6, 6.07) is 1.52. The molecule has 1 fully saturated rings. The van der Waals surface area contributed by atoms with Crippen LogP contribution in [0.3, 0.4) is 0 Å². The number of aromatic nitrogens is 2. The molecular formula is C14H20N3O3. The molecule has 20 heavy (non-hydrogen) atoms. The Hall–Kier alpha value is -1.53. The molecule has 2 rings (SSSR count). The van der Waals surface area contributed by atoms with E-state index in [2.05, 4.69) is 9.97 Å². The minimum atomic E-state index is -0.557. The van der Waals surface area contributed by atoms with E-state index in [4.69, 9.17) is 4.74 Å². The first kappa shape index (κ1) is 14.9. The van der Waals surface area contributed by atoms with Crippen LogP contribution in [0.5, 0.6) is 0 Å². The molecule has 2 heterocycles. The second kappa shape index (κ2) is 5.10. The van der Waals surface area contributed by atoms with Gasteiger partial charge in [-0.2, -0.15) is 0 Å². The highest BCUT2D eigenvalue weighted by Gasteiger charge is 2.47. The minimum Gasteiger partial charge on any atom is -0.458 e. The Kier molecular flexibility index (Phi) is 3.80. The number of hydrogen-bond acceptors (Lipinski definition) is 5. The molecule has 6 nitrogen and oxygen atoms in total. The molecule has 1 aliphatic heterocycles. The van der Waals surface area contributed by atoms with Crippen molar-refractivity contribution in [3.8, 4) is 0 Å². The Labute approximate surface area is 118 Å². The molecule has 0 spiro atoms. The van der Waals surface area contributed by atoms with Gasteiger partial charge in [0.25, 0.3) is 0 Å². The minimum absolute atomic E-state index is 0.236. The summed E-state index contributed by atoms with van der Waals surface area (Å²) in [5, 5.41) is 13.3. The highest BCUT2D eigenvalue weighted by molar-refractivity contribution is 5.87. The normalized spacial score (nSPS) is 22.4. The molecule has 0 atom stereocenters. The summed E-state index contributed by atoms with van der Waals surface area (Å²) in [4.78, 5) is 19.7. The molecule has 0 amide bonds. The van der Waals surface area contributed by atoms with Gasteiger partial charge in [-0.05, 0) is 33.8 Å². The van der Waals surface area contributed by atoms with Crippen LogP contribution in [0, 0.1) is 0 Å². The van der Waals surface area contributed by atoms with Crippen molar-refractivity contribution in [2.24, 2.45) is 0 Å². The maximum Gasteiger partial charge on any atom is 0.357 e. The van der Waals surface area contributed by atoms with Gasteiger partial charge in [0, 0.05) is 30.1 Å². The summed E-state index contributed by atoms with van der Waals surface area (Å²) >= 11 is 0. The lowest BCUT2D eigenvalue weighted by atomic mass is 9.80. The fourth-order valence-corrected chi connectivity index (χ4v) is 2.88. The van der Waals surface area contributed by atoms with E-state index in [1.807, 2.05) is 27.7 Å². The summed E-state index contributed by atoms with van der Waals surface area (Å²) < 4.78 is 5.50. The number of rotatable bonds is 2. The molecule has 1 saturated heterocycles. The maximum atomic E-state index is 12.2. The van der Waals surface area contributed by atoms with Crippen LogP contribution in [0.15, 0.2) is 18.6 Å². The number of hydrogen-bond donors (Lipinski definition) is 0. The van der Waals surface area contributed by atoms with E-state index >= 15 is 0 Å². The SMILES string of the molecule is CC1(C)CC(OC(=O)c2ccncn2)CC(C)(C)N1[O]. The van der Waals surface area contributed by atoms with Crippen LogP contribution in [-0.4, -0.2) is 38.2 Å². The van der Waals surface area contributed by atoms with E-state index in [-0.39, 0.29) is 11.8 Å². The quantitative estimate of drug-likeness (QED) is 0.773. The van der Waals surface area contributed by atoms with E-state index in [9.17, 15) is 10.0 Å². The Morgan fingerprint density at radius 3 is 2.40 bits per heavy atom. The lowest BCUT2D eigenvalue weighted by Gasteiger charge is -2.49. The number of carbonyl (C=O) groups excluding carboxylic acids is 1. The van der Waals surface area contributed by atoms with Crippen LogP contribution in [0.25, 0.3) is 0 Å². The van der Waals surface area contributed by atoms with E-state index in [0.717, 1.165) is 5.06 Å². The first-order valence-corrected chi connectivity index (χ1v) is 6.67. The number of carbonyl (C=O) groups is 1.